The number of aromatic nitrogens is 2. The monoisotopic (exact) mass is 230 g/mol. The number of amides is 1. The Morgan fingerprint density at radius 3 is 2.82 bits per heavy atom. The summed E-state index contributed by atoms with van der Waals surface area (Å²) in [5, 5.41) is 3.94. The number of carbonyl (C=O) groups is 1. The number of fused-ring (bicyclic) bond motifs is 1. The van der Waals surface area contributed by atoms with Crippen molar-refractivity contribution in [1.29, 1.82) is 0 Å². The lowest BCUT2D eigenvalue weighted by Crippen LogP contribution is -2.28. The first-order valence-corrected chi connectivity index (χ1v) is 5.32. The van der Waals surface area contributed by atoms with E-state index in [2.05, 4.69) is 15.3 Å². The van der Waals surface area contributed by atoms with E-state index in [-0.39, 0.29) is 12.5 Å². The van der Waals surface area contributed by atoms with Crippen LogP contribution in [-0.2, 0) is 4.79 Å². The number of anilines is 1. The summed E-state index contributed by atoms with van der Waals surface area (Å²) in [4.78, 5) is 21.3. The van der Waals surface area contributed by atoms with Crippen LogP contribution in [0.1, 0.15) is 0 Å². The minimum Gasteiger partial charge on any atom is -0.360 e. The van der Waals surface area contributed by atoms with Crippen molar-refractivity contribution >= 4 is 22.6 Å². The fourth-order valence-electron chi connectivity index (χ4n) is 1.46. The van der Waals surface area contributed by atoms with Gasteiger partial charge in [-0.15, -0.1) is 0 Å². The van der Waals surface area contributed by atoms with Crippen molar-refractivity contribution in [3.05, 3.63) is 30.6 Å². The second-order valence-electron chi connectivity index (χ2n) is 3.88. The van der Waals surface area contributed by atoms with Gasteiger partial charge >= 0.3 is 0 Å². The fourth-order valence-corrected chi connectivity index (χ4v) is 1.46. The first-order chi connectivity index (χ1) is 8.18. The summed E-state index contributed by atoms with van der Waals surface area (Å²) in [7, 11) is 3.45. The minimum absolute atomic E-state index is 0.00712. The summed E-state index contributed by atoms with van der Waals surface area (Å²) in [6.07, 6.45) is 1.49. The van der Waals surface area contributed by atoms with Gasteiger partial charge in [0.25, 0.3) is 0 Å². The van der Waals surface area contributed by atoms with E-state index in [1.54, 1.807) is 14.1 Å². The van der Waals surface area contributed by atoms with Gasteiger partial charge in [0.2, 0.25) is 5.91 Å². The fraction of sp³-hybridized carbons (Fsp3) is 0.250. The Labute approximate surface area is 99.5 Å². The van der Waals surface area contributed by atoms with E-state index in [0.717, 1.165) is 10.9 Å². The molecule has 0 aliphatic carbocycles. The summed E-state index contributed by atoms with van der Waals surface area (Å²) >= 11 is 0. The molecule has 88 valence electrons. The Morgan fingerprint density at radius 2 is 2.06 bits per heavy atom. The maximum absolute atomic E-state index is 11.5. The van der Waals surface area contributed by atoms with Crippen LogP contribution in [0.4, 0.5) is 5.82 Å². The van der Waals surface area contributed by atoms with Crippen LogP contribution in [-0.4, -0.2) is 41.4 Å². The Hall–Kier alpha value is -2.17. The molecular formula is C12H14N4O. The lowest BCUT2D eigenvalue weighted by Gasteiger charge is -2.12. The number of nitrogens with one attached hydrogen (secondary N) is 1. The van der Waals surface area contributed by atoms with Gasteiger partial charge in [-0.2, -0.15) is 0 Å². The number of carbonyl (C=O) groups excluding carboxylic acids is 1. The predicted octanol–water partition coefficient (Wildman–Crippen LogP) is 1.13. The summed E-state index contributed by atoms with van der Waals surface area (Å²) in [5.74, 6) is 0.693. The van der Waals surface area contributed by atoms with Crippen LogP contribution < -0.4 is 5.32 Å². The molecule has 0 spiro atoms. The van der Waals surface area contributed by atoms with E-state index in [0.29, 0.717) is 5.82 Å². The largest absolute Gasteiger partial charge is 0.360 e. The molecule has 1 aromatic carbocycles. The molecule has 0 atom stereocenters. The van der Waals surface area contributed by atoms with Crippen molar-refractivity contribution in [2.24, 2.45) is 0 Å². The van der Waals surface area contributed by atoms with E-state index in [9.17, 15) is 4.79 Å². The third-order valence-corrected chi connectivity index (χ3v) is 2.45. The molecule has 1 heterocycles. The van der Waals surface area contributed by atoms with Crippen molar-refractivity contribution in [2.45, 2.75) is 0 Å². The Kier molecular flexibility index (Phi) is 3.18. The van der Waals surface area contributed by atoms with Crippen LogP contribution >= 0.6 is 0 Å². The average Bonchev–Trinajstić information content (AvgIpc) is 2.35. The maximum Gasteiger partial charge on any atom is 0.241 e. The standard InChI is InChI=1S/C12H14N4O/c1-16(2)11(17)7-13-12-9-5-3-4-6-10(9)14-8-15-12/h3-6,8H,7H2,1-2H3,(H,13,14,15). The zero-order valence-electron chi connectivity index (χ0n) is 9.84. The summed E-state index contributed by atoms with van der Waals surface area (Å²) in [6.45, 7) is 0.230. The Bertz CT molecular complexity index is 534. The Balaban J connectivity index is 2.21. The number of hydrogen-bond donors (Lipinski definition) is 1. The molecule has 0 radical (unpaired) electrons. The van der Waals surface area contributed by atoms with E-state index in [1.165, 1.54) is 11.2 Å². The third-order valence-electron chi connectivity index (χ3n) is 2.45. The van der Waals surface area contributed by atoms with Crippen LogP contribution in [0, 0.1) is 0 Å². The van der Waals surface area contributed by atoms with Crippen LogP contribution in [0.15, 0.2) is 30.6 Å². The SMILES string of the molecule is CN(C)C(=O)CNc1ncnc2ccccc12. The van der Waals surface area contributed by atoms with Gasteiger partial charge in [0, 0.05) is 19.5 Å². The smallest absolute Gasteiger partial charge is 0.241 e. The molecule has 0 bridgehead atoms. The van der Waals surface area contributed by atoms with Crippen LogP contribution in [0.2, 0.25) is 0 Å². The number of para-hydroxylation sites is 1. The molecule has 0 aliphatic rings. The number of hydrogen-bond acceptors (Lipinski definition) is 4. The third kappa shape index (κ3) is 2.50. The molecule has 1 aromatic heterocycles. The summed E-state index contributed by atoms with van der Waals surface area (Å²) < 4.78 is 0. The highest BCUT2D eigenvalue weighted by atomic mass is 16.2. The predicted molar refractivity (Wildman–Crippen MR) is 66.7 cm³/mol. The van der Waals surface area contributed by atoms with Gasteiger partial charge in [-0.1, -0.05) is 12.1 Å². The van der Waals surface area contributed by atoms with E-state index >= 15 is 0 Å². The number of nitrogens with zero attached hydrogens (tertiary/aromatic N) is 3. The van der Waals surface area contributed by atoms with Gasteiger partial charge in [0.1, 0.15) is 12.1 Å². The molecule has 1 N–H and O–H groups in total. The number of likely N-dealkylation sites (N-methyl/N-ethyl adjacent to an activating group) is 1. The first kappa shape index (κ1) is 11.3. The maximum atomic E-state index is 11.5. The van der Waals surface area contributed by atoms with E-state index in [4.69, 9.17) is 0 Å². The lowest BCUT2D eigenvalue weighted by atomic mass is 10.2. The minimum atomic E-state index is 0.00712. The summed E-state index contributed by atoms with van der Waals surface area (Å²) in [6, 6.07) is 7.68. The molecule has 17 heavy (non-hydrogen) atoms. The second-order valence-corrected chi connectivity index (χ2v) is 3.88. The van der Waals surface area contributed by atoms with Gasteiger partial charge < -0.3 is 10.2 Å². The zero-order valence-corrected chi connectivity index (χ0v) is 9.84. The first-order valence-electron chi connectivity index (χ1n) is 5.32. The van der Waals surface area contributed by atoms with Crippen molar-refractivity contribution in [2.75, 3.05) is 26.0 Å². The van der Waals surface area contributed by atoms with Gasteiger partial charge in [-0.3, -0.25) is 4.79 Å². The number of rotatable bonds is 3. The molecule has 0 saturated heterocycles. The molecule has 2 rings (SSSR count). The van der Waals surface area contributed by atoms with E-state index in [1.807, 2.05) is 24.3 Å². The van der Waals surface area contributed by atoms with Gasteiger partial charge in [-0.05, 0) is 12.1 Å². The van der Waals surface area contributed by atoms with Crippen LogP contribution in [0.3, 0.4) is 0 Å². The highest BCUT2D eigenvalue weighted by molar-refractivity contribution is 5.90. The van der Waals surface area contributed by atoms with Crippen molar-refractivity contribution in [3.8, 4) is 0 Å². The molecule has 2 aromatic rings. The molecule has 0 unspecified atom stereocenters. The van der Waals surface area contributed by atoms with Crippen molar-refractivity contribution in [1.82, 2.24) is 14.9 Å². The molecule has 1 amide bonds. The second kappa shape index (κ2) is 4.78. The highest BCUT2D eigenvalue weighted by Gasteiger charge is 2.06. The average molecular weight is 230 g/mol. The highest BCUT2D eigenvalue weighted by Crippen LogP contribution is 2.17. The van der Waals surface area contributed by atoms with Crippen molar-refractivity contribution in [3.63, 3.8) is 0 Å². The molecule has 0 saturated carbocycles. The van der Waals surface area contributed by atoms with Gasteiger partial charge in [0.05, 0.1) is 12.1 Å². The topological polar surface area (TPSA) is 58.1 Å². The molecule has 5 heteroatoms. The molecular weight excluding hydrogens is 216 g/mol. The van der Waals surface area contributed by atoms with Crippen LogP contribution in [0.5, 0.6) is 0 Å². The number of benzene rings is 1. The molecule has 0 fully saturated rings. The Morgan fingerprint density at radius 1 is 1.29 bits per heavy atom. The normalized spacial score (nSPS) is 10.2. The van der Waals surface area contributed by atoms with Gasteiger partial charge in [-0.25, -0.2) is 9.97 Å². The molecule has 5 nitrogen and oxygen atoms in total. The van der Waals surface area contributed by atoms with Crippen LogP contribution in [0.25, 0.3) is 10.9 Å². The van der Waals surface area contributed by atoms with Gasteiger partial charge in [0.15, 0.2) is 0 Å². The zero-order chi connectivity index (χ0) is 12.3. The lowest BCUT2D eigenvalue weighted by molar-refractivity contribution is -0.126. The quantitative estimate of drug-likeness (QED) is 0.858. The molecule has 0 aliphatic heterocycles. The van der Waals surface area contributed by atoms with E-state index < -0.39 is 0 Å². The van der Waals surface area contributed by atoms with Crippen molar-refractivity contribution < 1.29 is 4.79 Å². The summed E-state index contributed by atoms with van der Waals surface area (Å²) in [5.41, 5.74) is 0.863.